The smallest absolute Gasteiger partial charge is 0.0931 e. The Kier molecular flexibility index (Phi) is 4.70. The fraction of sp³-hybridized carbons (Fsp3) is 0.714. The van der Waals surface area contributed by atoms with Crippen LogP contribution < -0.4 is 5.32 Å². The first kappa shape index (κ1) is 14.3. The van der Waals surface area contributed by atoms with Crippen molar-refractivity contribution in [1.29, 1.82) is 0 Å². The molecule has 18 heavy (non-hydrogen) atoms. The molecular formula is C14H23ClN2S. The summed E-state index contributed by atoms with van der Waals surface area (Å²) in [6.45, 7) is 10.1. The third-order valence-electron chi connectivity index (χ3n) is 4.24. The summed E-state index contributed by atoms with van der Waals surface area (Å²) in [5.74, 6) is 0. The van der Waals surface area contributed by atoms with Crippen molar-refractivity contribution < 1.29 is 0 Å². The third kappa shape index (κ3) is 3.08. The largest absolute Gasteiger partial charge is 0.308 e. The van der Waals surface area contributed by atoms with Gasteiger partial charge in [0, 0.05) is 36.1 Å². The van der Waals surface area contributed by atoms with E-state index in [1.165, 1.54) is 17.7 Å². The molecule has 0 radical (unpaired) electrons. The van der Waals surface area contributed by atoms with E-state index in [4.69, 9.17) is 11.6 Å². The number of halogens is 1. The summed E-state index contributed by atoms with van der Waals surface area (Å²) in [6, 6.07) is 4.75. The van der Waals surface area contributed by atoms with E-state index in [0.717, 1.165) is 24.0 Å². The minimum atomic E-state index is 0.299. The van der Waals surface area contributed by atoms with E-state index < -0.39 is 0 Å². The normalized spacial score (nSPS) is 24.3. The molecule has 0 aliphatic carbocycles. The van der Waals surface area contributed by atoms with Crippen LogP contribution in [0.4, 0.5) is 0 Å². The minimum absolute atomic E-state index is 0.299. The average Bonchev–Trinajstić information content (AvgIpc) is 2.78. The molecule has 0 saturated carbocycles. The average molecular weight is 287 g/mol. The molecule has 0 aromatic carbocycles. The van der Waals surface area contributed by atoms with Gasteiger partial charge in [0.05, 0.1) is 4.34 Å². The maximum atomic E-state index is 6.01. The van der Waals surface area contributed by atoms with Crippen molar-refractivity contribution >= 4 is 22.9 Å². The Hall–Kier alpha value is -0.0900. The Morgan fingerprint density at radius 1 is 1.44 bits per heavy atom. The number of piperazine rings is 1. The second-order valence-corrected chi connectivity index (χ2v) is 7.13. The van der Waals surface area contributed by atoms with Crippen molar-refractivity contribution in [2.75, 3.05) is 13.1 Å². The summed E-state index contributed by atoms with van der Waals surface area (Å²) < 4.78 is 0.894. The molecule has 1 aromatic heterocycles. The molecule has 0 spiro atoms. The first-order valence-electron chi connectivity index (χ1n) is 6.82. The zero-order chi connectivity index (χ0) is 13.2. The summed E-state index contributed by atoms with van der Waals surface area (Å²) in [4.78, 5) is 3.96. The highest BCUT2D eigenvalue weighted by molar-refractivity contribution is 7.16. The van der Waals surface area contributed by atoms with Gasteiger partial charge in [0.1, 0.15) is 0 Å². The van der Waals surface area contributed by atoms with Crippen LogP contribution in [0.15, 0.2) is 12.1 Å². The van der Waals surface area contributed by atoms with Crippen molar-refractivity contribution in [3.63, 3.8) is 0 Å². The Balaban J connectivity index is 2.05. The molecule has 4 heteroatoms. The lowest BCUT2D eigenvalue weighted by atomic mass is 9.89. The maximum Gasteiger partial charge on any atom is 0.0931 e. The number of rotatable bonds is 4. The van der Waals surface area contributed by atoms with Crippen LogP contribution in [0.5, 0.6) is 0 Å². The highest BCUT2D eigenvalue weighted by Crippen LogP contribution is 2.27. The number of nitrogens with one attached hydrogen (secondary N) is 1. The van der Waals surface area contributed by atoms with Gasteiger partial charge in [-0.25, -0.2) is 0 Å². The van der Waals surface area contributed by atoms with Gasteiger partial charge >= 0.3 is 0 Å². The van der Waals surface area contributed by atoms with E-state index >= 15 is 0 Å². The lowest BCUT2D eigenvalue weighted by Gasteiger charge is -2.46. The standard InChI is InChI=1S/C14H23ClN2S/c1-4-14(5-2)10-17(11(3)8-16-14)9-12-6-7-13(15)18-12/h6-7,11,16H,4-5,8-10H2,1-3H3. The molecule has 1 aliphatic heterocycles. The Morgan fingerprint density at radius 2 is 2.17 bits per heavy atom. The van der Waals surface area contributed by atoms with E-state index in [1.54, 1.807) is 11.3 Å². The maximum absolute atomic E-state index is 6.01. The molecule has 1 saturated heterocycles. The van der Waals surface area contributed by atoms with Crippen LogP contribution in [0.25, 0.3) is 0 Å². The van der Waals surface area contributed by atoms with Gasteiger partial charge in [-0.15, -0.1) is 11.3 Å². The predicted octanol–water partition coefficient (Wildman–Crippen LogP) is 3.75. The Labute approximate surface area is 119 Å². The number of hydrogen-bond donors (Lipinski definition) is 1. The lowest BCUT2D eigenvalue weighted by Crippen LogP contribution is -2.62. The number of thiophene rings is 1. The number of hydrogen-bond acceptors (Lipinski definition) is 3. The van der Waals surface area contributed by atoms with Crippen molar-refractivity contribution in [2.24, 2.45) is 0 Å². The van der Waals surface area contributed by atoms with Gasteiger partial charge in [-0.05, 0) is 31.9 Å². The quantitative estimate of drug-likeness (QED) is 0.907. The minimum Gasteiger partial charge on any atom is -0.308 e. The molecule has 1 aromatic rings. The molecule has 1 fully saturated rings. The molecule has 1 atom stereocenters. The topological polar surface area (TPSA) is 15.3 Å². The summed E-state index contributed by atoms with van der Waals surface area (Å²) >= 11 is 7.71. The van der Waals surface area contributed by atoms with Gasteiger partial charge in [-0.2, -0.15) is 0 Å². The molecule has 2 nitrogen and oxygen atoms in total. The molecule has 102 valence electrons. The van der Waals surface area contributed by atoms with Crippen LogP contribution in [-0.4, -0.2) is 29.6 Å². The van der Waals surface area contributed by atoms with Crippen LogP contribution >= 0.6 is 22.9 Å². The van der Waals surface area contributed by atoms with E-state index in [0.29, 0.717) is 11.6 Å². The van der Waals surface area contributed by atoms with E-state index in [1.807, 2.05) is 6.07 Å². The first-order chi connectivity index (χ1) is 8.58. The molecule has 2 rings (SSSR count). The molecular weight excluding hydrogens is 264 g/mol. The van der Waals surface area contributed by atoms with Gasteiger partial charge in [-0.3, -0.25) is 4.90 Å². The summed E-state index contributed by atoms with van der Waals surface area (Å²) in [7, 11) is 0. The molecule has 0 amide bonds. The van der Waals surface area contributed by atoms with E-state index in [2.05, 4.69) is 37.1 Å². The second-order valence-electron chi connectivity index (χ2n) is 5.33. The Bertz CT molecular complexity index is 387. The van der Waals surface area contributed by atoms with E-state index in [-0.39, 0.29) is 0 Å². The second kappa shape index (κ2) is 5.91. The summed E-state index contributed by atoms with van der Waals surface area (Å²) in [5, 5.41) is 3.74. The van der Waals surface area contributed by atoms with Crippen LogP contribution in [0.1, 0.15) is 38.5 Å². The molecule has 1 aliphatic rings. The number of nitrogens with zero attached hydrogens (tertiary/aromatic N) is 1. The third-order valence-corrected chi connectivity index (χ3v) is 5.46. The monoisotopic (exact) mass is 286 g/mol. The Morgan fingerprint density at radius 3 is 2.72 bits per heavy atom. The highest BCUT2D eigenvalue weighted by atomic mass is 35.5. The SMILES string of the molecule is CCC1(CC)CN(Cc2ccc(Cl)s2)C(C)CN1. The van der Waals surface area contributed by atoms with Gasteiger partial charge in [-0.1, -0.05) is 25.4 Å². The van der Waals surface area contributed by atoms with Gasteiger partial charge in [0.25, 0.3) is 0 Å². The van der Waals surface area contributed by atoms with Crippen molar-refractivity contribution in [3.05, 3.63) is 21.3 Å². The van der Waals surface area contributed by atoms with Gasteiger partial charge in [0.15, 0.2) is 0 Å². The summed E-state index contributed by atoms with van der Waals surface area (Å²) in [5.41, 5.74) is 0.299. The zero-order valence-corrected chi connectivity index (χ0v) is 13.1. The van der Waals surface area contributed by atoms with Crippen molar-refractivity contribution in [3.8, 4) is 0 Å². The molecule has 1 unspecified atom stereocenters. The van der Waals surface area contributed by atoms with E-state index in [9.17, 15) is 0 Å². The van der Waals surface area contributed by atoms with Crippen LogP contribution in [-0.2, 0) is 6.54 Å². The fourth-order valence-electron chi connectivity index (χ4n) is 2.67. The molecule has 1 N–H and O–H groups in total. The van der Waals surface area contributed by atoms with Crippen molar-refractivity contribution in [2.45, 2.75) is 51.7 Å². The fourth-order valence-corrected chi connectivity index (χ4v) is 3.78. The molecule has 2 heterocycles. The highest BCUT2D eigenvalue weighted by Gasteiger charge is 2.34. The summed E-state index contributed by atoms with van der Waals surface area (Å²) in [6.07, 6.45) is 2.38. The van der Waals surface area contributed by atoms with Crippen LogP contribution in [0.2, 0.25) is 4.34 Å². The van der Waals surface area contributed by atoms with Gasteiger partial charge < -0.3 is 5.32 Å². The lowest BCUT2D eigenvalue weighted by molar-refractivity contribution is 0.0754. The predicted molar refractivity (Wildman–Crippen MR) is 80.5 cm³/mol. The molecule has 0 bridgehead atoms. The van der Waals surface area contributed by atoms with Crippen molar-refractivity contribution in [1.82, 2.24) is 10.2 Å². The van der Waals surface area contributed by atoms with Crippen LogP contribution in [0, 0.1) is 0 Å². The zero-order valence-electron chi connectivity index (χ0n) is 11.5. The van der Waals surface area contributed by atoms with Gasteiger partial charge in [0.2, 0.25) is 0 Å². The first-order valence-corrected chi connectivity index (χ1v) is 8.01. The van der Waals surface area contributed by atoms with Crippen LogP contribution in [0.3, 0.4) is 0 Å².